The Morgan fingerprint density at radius 3 is 2.44 bits per heavy atom. The van der Waals surface area contributed by atoms with Crippen molar-refractivity contribution in [2.75, 3.05) is 46.5 Å². The Morgan fingerprint density at radius 1 is 1.20 bits per heavy atom. The van der Waals surface area contributed by atoms with E-state index in [9.17, 15) is 38.9 Å². The molecule has 274 valence electrons. The Hall–Kier alpha value is -3.32. The predicted octanol–water partition coefficient (Wildman–Crippen LogP) is -1.57. The molecule has 6 atom stereocenters. The van der Waals surface area contributed by atoms with Gasteiger partial charge in [-0.1, -0.05) is 44.2 Å². The molecule has 2 aromatic rings. The molecule has 1 aliphatic carbocycles. The fourth-order valence-corrected chi connectivity index (χ4v) is 6.79. The maximum atomic E-state index is 14.0. The SMILES string of the molecule is COC(O)C(O)(CC(=O)NCCN1CCOB(C2(NC(=O)[C@@H](Cc3ccccc3)NC(=O)c3cnccn3)C[C@H]2C(C)C)OCC1)P(=O)([O-])O. The summed E-state index contributed by atoms with van der Waals surface area (Å²) in [5.74, 6) is -1.61. The van der Waals surface area contributed by atoms with Crippen LogP contribution in [0.5, 0.6) is 0 Å². The van der Waals surface area contributed by atoms with Gasteiger partial charge in [-0.3, -0.25) is 24.3 Å². The molecule has 1 aromatic heterocycles. The molecule has 4 unspecified atom stereocenters. The highest BCUT2D eigenvalue weighted by atomic mass is 31.2. The van der Waals surface area contributed by atoms with Gasteiger partial charge in [0.15, 0.2) is 19.2 Å². The number of rotatable bonds is 16. The summed E-state index contributed by atoms with van der Waals surface area (Å²) in [5, 5.41) is 25.2. The largest absolute Gasteiger partial charge is 0.776 e. The number of aromatic nitrogens is 2. The Morgan fingerprint density at radius 2 is 1.88 bits per heavy atom. The molecule has 19 heteroatoms. The molecular formula is C31H45BN6O11P-. The molecule has 50 heavy (non-hydrogen) atoms. The quantitative estimate of drug-likeness (QED) is 0.0653. The van der Waals surface area contributed by atoms with E-state index in [0.717, 1.165) is 12.7 Å². The van der Waals surface area contributed by atoms with E-state index in [4.69, 9.17) is 9.31 Å². The predicted molar refractivity (Wildman–Crippen MR) is 177 cm³/mol. The topological polar surface area (TPSA) is 245 Å². The van der Waals surface area contributed by atoms with Gasteiger partial charge in [-0.25, -0.2) is 4.98 Å². The van der Waals surface area contributed by atoms with Crippen molar-refractivity contribution < 1.29 is 53.0 Å². The van der Waals surface area contributed by atoms with Gasteiger partial charge in [-0.15, -0.1) is 0 Å². The van der Waals surface area contributed by atoms with Gasteiger partial charge in [0.05, 0.1) is 18.1 Å². The summed E-state index contributed by atoms with van der Waals surface area (Å²) in [7, 11) is -5.44. The van der Waals surface area contributed by atoms with E-state index in [0.29, 0.717) is 26.1 Å². The molecule has 6 N–H and O–H groups in total. The van der Waals surface area contributed by atoms with Gasteiger partial charge in [0.25, 0.3) is 5.91 Å². The number of nitrogens with zero attached hydrogens (tertiary/aromatic N) is 3. The normalized spacial score (nSPS) is 23.4. The van der Waals surface area contributed by atoms with Gasteiger partial charge < -0.3 is 54.6 Å². The van der Waals surface area contributed by atoms with E-state index in [2.05, 4.69) is 44.5 Å². The summed E-state index contributed by atoms with van der Waals surface area (Å²) < 4.78 is 28.5. The number of hydrogen-bond acceptors (Lipinski definition) is 13. The van der Waals surface area contributed by atoms with Crippen LogP contribution in [0.4, 0.5) is 0 Å². The zero-order valence-corrected chi connectivity index (χ0v) is 29.2. The molecular weight excluding hydrogens is 674 g/mol. The first-order chi connectivity index (χ1) is 23.7. The highest BCUT2D eigenvalue weighted by Crippen LogP contribution is 2.51. The first-order valence-electron chi connectivity index (χ1n) is 16.3. The van der Waals surface area contributed by atoms with E-state index in [1.807, 2.05) is 35.2 Å². The summed E-state index contributed by atoms with van der Waals surface area (Å²) in [6, 6.07) is 8.41. The number of benzene rings is 1. The second-order valence-electron chi connectivity index (χ2n) is 12.8. The standard InChI is InChI=1S/C31H46BN6O11P/c1-21(2)23-18-30(23,37-28(41)24(17-22-7-5-4-6-8-22)36-27(40)25-20-33-9-10-34-25)32-48-15-13-38(14-16-49-32)12-11-35-26(39)19-31(43,29(42)47-3)50(44,45)46/h4-10,20-21,23-24,29,42-43H,11-19H2,1-3H3,(H,35,39)(H,36,40)(H,37,41)(H2,44,45,46)/p-1/t23-,24+,29?,30?,31?/m0/s1. The molecule has 0 spiro atoms. The third-order valence-corrected chi connectivity index (χ3v) is 10.3. The van der Waals surface area contributed by atoms with Crippen LogP contribution >= 0.6 is 7.60 Å². The number of aliphatic hydroxyl groups excluding tert-OH is 1. The van der Waals surface area contributed by atoms with Gasteiger partial charge >= 0.3 is 7.12 Å². The lowest BCUT2D eigenvalue weighted by Crippen LogP contribution is -2.60. The highest BCUT2D eigenvalue weighted by Gasteiger charge is 2.66. The Labute approximate surface area is 290 Å². The fraction of sp³-hybridized carbons (Fsp3) is 0.581. The van der Waals surface area contributed by atoms with Crippen LogP contribution in [0.3, 0.4) is 0 Å². The van der Waals surface area contributed by atoms with Crippen LogP contribution < -0.4 is 20.8 Å². The molecule has 2 heterocycles. The molecule has 1 saturated carbocycles. The molecule has 3 amide bonds. The third kappa shape index (κ3) is 9.93. The second kappa shape index (κ2) is 17.3. The lowest BCUT2D eigenvalue weighted by Gasteiger charge is -2.38. The third-order valence-electron chi connectivity index (χ3n) is 8.97. The van der Waals surface area contributed by atoms with Crippen LogP contribution in [0.1, 0.15) is 42.7 Å². The van der Waals surface area contributed by atoms with Crippen molar-refractivity contribution in [1.82, 2.24) is 30.8 Å². The lowest BCUT2D eigenvalue weighted by molar-refractivity contribution is -0.241. The van der Waals surface area contributed by atoms with Crippen LogP contribution in [-0.2, 0) is 34.6 Å². The summed E-state index contributed by atoms with van der Waals surface area (Å²) in [6.07, 6.45) is 1.55. The Balaban J connectivity index is 1.36. The molecule has 0 bridgehead atoms. The van der Waals surface area contributed by atoms with Crippen molar-refractivity contribution in [3.8, 4) is 0 Å². The molecule has 2 fully saturated rings. The number of carbonyl (C=O) groups excluding carboxylic acids is 3. The van der Waals surface area contributed by atoms with E-state index in [1.54, 1.807) is 0 Å². The van der Waals surface area contributed by atoms with Crippen molar-refractivity contribution in [2.24, 2.45) is 11.8 Å². The first-order valence-corrected chi connectivity index (χ1v) is 17.9. The number of methoxy groups -OCH3 is 1. The number of hydrogen-bond donors (Lipinski definition) is 6. The van der Waals surface area contributed by atoms with Crippen LogP contribution in [-0.4, -0.2) is 124 Å². The Kier molecular flexibility index (Phi) is 13.6. The molecule has 1 saturated heterocycles. The Bertz CT molecular complexity index is 1480. The molecule has 4 rings (SSSR count). The van der Waals surface area contributed by atoms with Crippen molar-refractivity contribution in [2.45, 2.75) is 56.2 Å². The summed E-state index contributed by atoms with van der Waals surface area (Å²) >= 11 is 0. The van der Waals surface area contributed by atoms with Crippen LogP contribution in [0, 0.1) is 11.8 Å². The lowest BCUT2D eigenvalue weighted by atomic mass is 9.71. The number of aliphatic hydroxyl groups is 2. The van der Waals surface area contributed by atoms with Gasteiger partial charge in [0.2, 0.25) is 11.8 Å². The minimum absolute atomic E-state index is 0.0499. The van der Waals surface area contributed by atoms with Gasteiger partial charge in [-0.05, 0) is 23.8 Å². The molecule has 17 nitrogen and oxygen atoms in total. The number of ether oxygens (including phenoxy) is 1. The summed E-state index contributed by atoms with van der Waals surface area (Å²) in [4.78, 5) is 70.3. The van der Waals surface area contributed by atoms with Crippen LogP contribution in [0.15, 0.2) is 48.9 Å². The van der Waals surface area contributed by atoms with Gasteiger partial charge in [0, 0.05) is 65.3 Å². The molecule has 2 aliphatic rings. The smallest absolute Gasteiger partial charge is 0.484 e. The molecule has 0 radical (unpaired) electrons. The maximum Gasteiger partial charge on any atom is 0.484 e. The minimum atomic E-state index is -5.58. The second-order valence-corrected chi connectivity index (χ2v) is 14.6. The van der Waals surface area contributed by atoms with Crippen molar-refractivity contribution in [1.29, 1.82) is 0 Å². The summed E-state index contributed by atoms with van der Waals surface area (Å²) in [5.41, 5.74) is 0.111. The first kappa shape index (κ1) is 39.5. The number of amides is 3. The van der Waals surface area contributed by atoms with E-state index in [1.165, 1.54) is 18.6 Å². The van der Waals surface area contributed by atoms with Crippen molar-refractivity contribution in [3.63, 3.8) is 0 Å². The zero-order chi connectivity index (χ0) is 36.5. The average molecular weight is 720 g/mol. The van der Waals surface area contributed by atoms with Gasteiger partial charge in [0.1, 0.15) is 11.7 Å². The van der Waals surface area contributed by atoms with Crippen molar-refractivity contribution >= 4 is 32.4 Å². The molecule has 1 aliphatic heterocycles. The minimum Gasteiger partial charge on any atom is -0.776 e. The fourth-order valence-electron chi connectivity index (χ4n) is 6.06. The average Bonchev–Trinajstić information content (AvgIpc) is 3.80. The highest BCUT2D eigenvalue weighted by molar-refractivity contribution is 7.52. The van der Waals surface area contributed by atoms with Crippen molar-refractivity contribution in [3.05, 3.63) is 60.2 Å². The number of carbonyl (C=O) groups is 3. The monoisotopic (exact) mass is 719 g/mol. The molecule has 1 aromatic carbocycles. The van der Waals surface area contributed by atoms with Crippen LogP contribution in [0.2, 0.25) is 0 Å². The van der Waals surface area contributed by atoms with E-state index >= 15 is 0 Å². The van der Waals surface area contributed by atoms with Crippen LogP contribution in [0.25, 0.3) is 0 Å². The van der Waals surface area contributed by atoms with E-state index < -0.39 is 56.1 Å². The summed E-state index contributed by atoms with van der Waals surface area (Å²) in [6.45, 7) is 5.80. The zero-order valence-electron chi connectivity index (χ0n) is 28.3. The van der Waals surface area contributed by atoms with Gasteiger partial charge in [-0.2, -0.15) is 0 Å². The maximum absolute atomic E-state index is 14.0. The number of nitrogens with one attached hydrogen (secondary N) is 3. The van der Waals surface area contributed by atoms with E-state index in [-0.39, 0.29) is 49.6 Å².